The number of alkyl halides is 2. The van der Waals surface area contributed by atoms with Crippen molar-refractivity contribution in [2.75, 3.05) is 0 Å². The van der Waals surface area contributed by atoms with Gasteiger partial charge >= 0.3 is 6.55 Å². The Bertz CT molecular complexity index is 1060. The lowest BCUT2D eigenvalue weighted by Gasteiger charge is -2.09. The zero-order chi connectivity index (χ0) is 19.1. The summed E-state index contributed by atoms with van der Waals surface area (Å²) in [5, 5.41) is 3.63. The average molecular weight is 383 g/mol. The highest BCUT2D eigenvalue weighted by Gasteiger charge is 2.27. The minimum atomic E-state index is -4.01. The van der Waals surface area contributed by atoms with E-state index in [0.717, 1.165) is 11.0 Å². The van der Waals surface area contributed by atoms with Gasteiger partial charge < -0.3 is 4.57 Å². The fourth-order valence-electron chi connectivity index (χ4n) is 3.07. The van der Waals surface area contributed by atoms with E-state index in [1.807, 2.05) is 35.8 Å². The third kappa shape index (κ3) is 3.10. The molecule has 0 aliphatic heterocycles. The molecular formula is C16H19F2N5O2S. The molecule has 1 N–H and O–H groups in total. The predicted octanol–water partition coefficient (Wildman–Crippen LogP) is 2.74. The van der Waals surface area contributed by atoms with E-state index in [9.17, 15) is 17.2 Å². The monoisotopic (exact) mass is 383 g/mol. The van der Waals surface area contributed by atoms with Crippen LogP contribution in [-0.2, 0) is 23.1 Å². The van der Waals surface area contributed by atoms with Gasteiger partial charge in [0.05, 0.1) is 29.0 Å². The second-order valence-electron chi connectivity index (χ2n) is 5.81. The Kier molecular flexibility index (Phi) is 4.80. The zero-order valence-corrected chi connectivity index (χ0v) is 15.4. The van der Waals surface area contributed by atoms with E-state index in [2.05, 4.69) is 14.8 Å². The van der Waals surface area contributed by atoms with Gasteiger partial charge in [-0.3, -0.25) is 0 Å². The van der Waals surface area contributed by atoms with Crippen molar-refractivity contribution >= 4 is 21.1 Å². The number of para-hydroxylation sites is 2. The van der Waals surface area contributed by atoms with Gasteiger partial charge in [-0.25, -0.2) is 22.8 Å². The van der Waals surface area contributed by atoms with Gasteiger partial charge in [0.2, 0.25) is 10.0 Å². The molecule has 1 aromatic carbocycles. The minimum absolute atomic E-state index is 0.0271. The fourth-order valence-corrected chi connectivity index (χ4v) is 4.45. The topological polar surface area (TPSA) is 81.8 Å². The van der Waals surface area contributed by atoms with Crippen molar-refractivity contribution in [3.05, 3.63) is 41.5 Å². The van der Waals surface area contributed by atoms with E-state index in [4.69, 9.17) is 0 Å². The van der Waals surface area contributed by atoms with Crippen molar-refractivity contribution in [1.29, 1.82) is 0 Å². The standard InChI is InChI=1S/C16H19F2N5O2S/c1-4-22-13-8-6-5-7-12(13)20-14(22)9-19-26(24,25)15-10(2)21-23(11(15)3)16(17)18/h5-8,16,19H,4,9H2,1-3H3. The van der Waals surface area contributed by atoms with Gasteiger partial charge in [0, 0.05) is 6.54 Å². The van der Waals surface area contributed by atoms with Crippen LogP contribution < -0.4 is 4.72 Å². The highest BCUT2D eigenvalue weighted by atomic mass is 32.2. The molecule has 0 fully saturated rings. The number of nitrogens with zero attached hydrogens (tertiary/aromatic N) is 4. The SMILES string of the molecule is CCn1c(CNS(=O)(=O)c2c(C)nn(C(F)F)c2C)nc2ccccc21. The molecule has 3 aromatic rings. The molecule has 0 bridgehead atoms. The average Bonchev–Trinajstić information content (AvgIpc) is 3.09. The summed E-state index contributed by atoms with van der Waals surface area (Å²) in [7, 11) is -4.01. The Hall–Kier alpha value is -2.33. The smallest absolute Gasteiger partial charge is 0.327 e. The van der Waals surface area contributed by atoms with Gasteiger partial charge in [0.15, 0.2) is 0 Å². The number of hydrogen-bond acceptors (Lipinski definition) is 4. The third-order valence-electron chi connectivity index (χ3n) is 4.18. The van der Waals surface area contributed by atoms with Crippen LogP contribution in [0.3, 0.4) is 0 Å². The second kappa shape index (κ2) is 6.76. The Labute approximate surface area is 149 Å². The number of halogens is 2. The lowest BCUT2D eigenvalue weighted by molar-refractivity contribution is 0.0538. The van der Waals surface area contributed by atoms with Gasteiger partial charge in [0.1, 0.15) is 10.7 Å². The molecule has 0 amide bonds. The quantitative estimate of drug-likeness (QED) is 0.710. The van der Waals surface area contributed by atoms with Crippen LogP contribution in [0.25, 0.3) is 11.0 Å². The van der Waals surface area contributed by atoms with Crippen molar-refractivity contribution in [1.82, 2.24) is 24.1 Å². The number of aromatic nitrogens is 4. The van der Waals surface area contributed by atoms with E-state index >= 15 is 0 Å². The van der Waals surface area contributed by atoms with Crippen molar-refractivity contribution in [2.24, 2.45) is 0 Å². The maximum atomic E-state index is 12.9. The van der Waals surface area contributed by atoms with Gasteiger partial charge in [-0.2, -0.15) is 13.9 Å². The molecule has 3 rings (SSSR count). The number of benzene rings is 1. The number of aryl methyl sites for hydroxylation is 2. The molecular weight excluding hydrogens is 364 g/mol. The Balaban J connectivity index is 1.93. The van der Waals surface area contributed by atoms with Crippen molar-refractivity contribution in [3.63, 3.8) is 0 Å². The Morgan fingerprint density at radius 1 is 1.23 bits per heavy atom. The molecule has 7 nitrogen and oxygen atoms in total. The normalized spacial score (nSPS) is 12.4. The minimum Gasteiger partial charge on any atom is -0.327 e. The molecule has 0 saturated carbocycles. The van der Waals surface area contributed by atoms with Crippen LogP contribution >= 0.6 is 0 Å². The molecule has 0 atom stereocenters. The van der Waals surface area contributed by atoms with E-state index in [1.54, 1.807) is 0 Å². The number of rotatable bonds is 6. The van der Waals surface area contributed by atoms with Crippen LogP contribution in [0.5, 0.6) is 0 Å². The van der Waals surface area contributed by atoms with E-state index < -0.39 is 16.6 Å². The third-order valence-corrected chi connectivity index (χ3v) is 5.83. The van der Waals surface area contributed by atoms with Crippen LogP contribution in [-0.4, -0.2) is 27.7 Å². The first-order chi connectivity index (χ1) is 12.3. The predicted molar refractivity (Wildman–Crippen MR) is 92.4 cm³/mol. The molecule has 0 aliphatic carbocycles. The lowest BCUT2D eigenvalue weighted by atomic mass is 10.3. The maximum absolute atomic E-state index is 12.9. The number of sulfonamides is 1. The summed E-state index contributed by atoms with van der Waals surface area (Å²) in [6, 6.07) is 7.50. The number of nitrogens with one attached hydrogen (secondary N) is 1. The van der Waals surface area contributed by atoms with Crippen LogP contribution in [0, 0.1) is 13.8 Å². The summed E-state index contributed by atoms with van der Waals surface area (Å²) in [5.41, 5.74) is 1.59. The first-order valence-electron chi connectivity index (χ1n) is 8.04. The number of hydrogen-bond donors (Lipinski definition) is 1. The van der Waals surface area contributed by atoms with Gasteiger partial charge in [-0.15, -0.1) is 0 Å². The summed E-state index contributed by atoms with van der Waals surface area (Å²) in [6.07, 6.45) is 0. The van der Waals surface area contributed by atoms with Crippen molar-refractivity contribution < 1.29 is 17.2 Å². The maximum Gasteiger partial charge on any atom is 0.333 e. The highest BCUT2D eigenvalue weighted by Crippen LogP contribution is 2.24. The summed E-state index contributed by atoms with van der Waals surface area (Å²) in [5.74, 6) is 0.550. The summed E-state index contributed by atoms with van der Waals surface area (Å²) in [4.78, 5) is 4.23. The first-order valence-corrected chi connectivity index (χ1v) is 9.52. The molecule has 10 heteroatoms. The summed E-state index contributed by atoms with van der Waals surface area (Å²) in [6.45, 7) is 2.31. The fraction of sp³-hybridized carbons (Fsp3) is 0.375. The highest BCUT2D eigenvalue weighted by molar-refractivity contribution is 7.89. The van der Waals surface area contributed by atoms with Crippen molar-refractivity contribution in [3.8, 4) is 0 Å². The number of imidazole rings is 1. The summed E-state index contributed by atoms with van der Waals surface area (Å²) >= 11 is 0. The molecule has 26 heavy (non-hydrogen) atoms. The van der Waals surface area contributed by atoms with Gasteiger partial charge in [-0.05, 0) is 32.9 Å². The van der Waals surface area contributed by atoms with Gasteiger partial charge in [0.25, 0.3) is 0 Å². The Morgan fingerprint density at radius 2 is 1.92 bits per heavy atom. The van der Waals surface area contributed by atoms with Crippen LogP contribution in [0.1, 0.15) is 30.7 Å². The molecule has 0 unspecified atom stereocenters. The molecule has 0 spiro atoms. The van der Waals surface area contributed by atoms with Crippen LogP contribution in [0.4, 0.5) is 8.78 Å². The van der Waals surface area contributed by atoms with E-state index in [-0.39, 0.29) is 22.8 Å². The second-order valence-corrected chi connectivity index (χ2v) is 7.51. The largest absolute Gasteiger partial charge is 0.333 e. The van der Waals surface area contributed by atoms with Crippen molar-refractivity contribution in [2.45, 2.75) is 45.3 Å². The zero-order valence-electron chi connectivity index (χ0n) is 14.6. The molecule has 0 saturated heterocycles. The molecule has 0 aliphatic rings. The molecule has 0 radical (unpaired) electrons. The Morgan fingerprint density at radius 3 is 2.54 bits per heavy atom. The number of fused-ring (bicyclic) bond motifs is 1. The first kappa shape index (κ1) is 18.5. The van der Waals surface area contributed by atoms with Gasteiger partial charge in [-0.1, -0.05) is 12.1 Å². The summed E-state index contributed by atoms with van der Waals surface area (Å²) < 4.78 is 56.0. The lowest BCUT2D eigenvalue weighted by Crippen LogP contribution is -2.26. The van der Waals surface area contributed by atoms with Crippen LogP contribution in [0.2, 0.25) is 0 Å². The molecule has 140 valence electrons. The van der Waals surface area contributed by atoms with E-state index in [0.29, 0.717) is 17.1 Å². The molecule has 2 heterocycles. The molecule has 2 aromatic heterocycles. The van der Waals surface area contributed by atoms with Crippen LogP contribution in [0.15, 0.2) is 29.2 Å². The van der Waals surface area contributed by atoms with E-state index in [1.165, 1.54) is 13.8 Å².